The van der Waals surface area contributed by atoms with Gasteiger partial charge >= 0.3 is 5.97 Å². The van der Waals surface area contributed by atoms with Crippen molar-refractivity contribution in [2.75, 3.05) is 46.6 Å². The van der Waals surface area contributed by atoms with E-state index in [0.29, 0.717) is 56.3 Å². The van der Waals surface area contributed by atoms with E-state index in [9.17, 15) is 14.7 Å². The van der Waals surface area contributed by atoms with E-state index in [1.165, 1.54) is 0 Å². The van der Waals surface area contributed by atoms with Gasteiger partial charge in [-0.2, -0.15) is 0 Å². The van der Waals surface area contributed by atoms with Crippen LogP contribution in [0.3, 0.4) is 0 Å². The van der Waals surface area contributed by atoms with E-state index >= 15 is 0 Å². The molecular formula is C28H41N5O6. The Morgan fingerprint density at radius 1 is 1.26 bits per heavy atom. The topological polar surface area (TPSA) is 132 Å². The number of imidazole rings is 1. The van der Waals surface area contributed by atoms with Gasteiger partial charge < -0.3 is 34.5 Å². The Labute approximate surface area is 229 Å². The van der Waals surface area contributed by atoms with Gasteiger partial charge in [0.05, 0.1) is 19.6 Å². The molecule has 1 saturated heterocycles. The van der Waals surface area contributed by atoms with Crippen molar-refractivity contribution in [3.63, 3.8) is 0 Å². The van der Waals surface area contributed by atoms with Crippen LogP contribution in [-0.4, -0.2) is 89.0 Å². The second kappa shape index (κ2) is 13.2. The molecular weight excluding hydrogens is 502 g/mol. The van der Waals surface area contributed by atoms with E-state index in [0.717, 1.165) is 30.7 Å². The highest BCUT2D eigenvalue weighted by Crippen LogP contribution is 2.47. The molecule has 11 nitrogen and oxygen atoms in total. The average Bonchev–Trinajstić information content (AvgIpc) is 3.65. The van der Waals surface area contributed by atoms with Crippen molar-refractivity contribution in [3.05, 3.63) is 35.9 Å². The summed E-state index contributed by atoms with van der Waals surface area (Å²) in [6.07, 6.45) is 7.41. The zero-order chi connectivity index (χ0) is 27.9. The normalized spacial score (nSPS) is 20.4. The molecule has 0 radical (unpaired) electrons. The second-order valence-electron chi connectivity index (χ2n) is 10.3. The van der Waals surface area contributed by atoms with Crippen LogP contribution in [-0.2, 0) is 23.1 Å². The zero-order valence-corrected chi connectivity index (χ0v) is 23.2. The highest BCUT2D eigenvalue weighted by atomic mass is 16.7. The number of unbranched alkanes of at least 4 members (excludes halogenated alkanes) is 1. The Balaban J connectivity index is 1.64. The molecule has 1 aromatic heterocycles. The third-order valence-corrected chi connectivity index (χ3v) is 7.83. The van der Waals surface area contributed by atoms with Crippen LogP contribution in [0.4, 0.5) is 0 Å². The minimum Gasteiger partial charge on any atom is -0.493 e. The van der Waals surface area contributed by atoms with Crippen LogP contribution in [0.1, 0.15) is 49.9 Å². The van der Waals surface area contributed by atoms with Crippen LogP contribution in [0.5, 0.6) is 17.2 Å². The number of benzene rings is 1. The summed E-state index contributed by atoms with van der Waals surface area (Å²) in [4.78, 5) is 34.7. The maximum absolute atomic E-state index is 13.5. The molecule has 3 atom stereocenters. The summed E-state index contributed by atoms with van der Waals surface area (Å²) in [5.41, 5.74) is 6.53. The number of aryl methyl sites for hydroxylation is 2. The van der Waals surface area contributed by atoms with Crippen LogP contribution in [0.15, 0.2) is 24.5 Å². The summed E-state index contributed by atoms with van der Waals surface area (Å²) in [5, 5.41) is 10.5. The summed E-state index contributed by atoms with van der Waals surface area (Å²) in [6.45, 7) is 4.56. The fourth-order valence-corrected chi connectivity index (χ4v) is 5.73. The van der Waals surface area contributed by atoms with Gasteiger partial charge in [0.25, 0.3) is 0 Å². The Kier molecular flexibility index (Phi) is 9.68. The van der Waals surface area contributed by atoms with Crippen LogP contribution in [0.25, 0.3) is 0 Å². The van der Waals surface area contributed by atoms with Gasteiger partial charge in [0, 0.05) is 57.5 Å². The lowest BCUT2D eigenvalue weighted by molar-refractivity contribution is -0.143. The number of aromatic nitrogens is 2. The van der Waals surface area contributed by atoms with Gasteiger partial charge in [-0.3, -0.25) is 14.5 Å². The molecule has 0 saturated carbocycles. The number of rotatable bonds is 14. The lowest BCUT2D eigenvalue weighted by Gasteiger charge is -2.29. The van der Waals surface area contributed by atoms with E-state index in [1.807, 2.05) is 39.7 Å². The molecule has 0 bridgehead atoms. The van der Waals surface area contributed by atoms with E-state index < -0.39 is 11.9 Å². The van der Waals surface area contributed by atoms with Gasteiger partial charge in [0.1, 0.15) is 5.82 Å². The number of aliphatic carboxylic acids is 1. The summed E-state index contributed by atoms with van der Waals surface area (Å²) >= 11 is 0. The van der Waals surface area contributed by atoms with Gasteiger partial charge in [-0.1, -0.05) is 13.3 Å². The molecule has 1 aromatic carbocycles. The predicted molar refractivity (Wildman–Crippen MR) is 145 cm³/mol. The van der Waals surface area contributed by atoms with Crippen molar-refractivity contribution in [2.24, 2.45) is 18.7 Å². The first-order valence-electron chi connectivity index (χ1n) is 13.8. The maximum atomic E-state index is 13.5. The fraction of sp³-hybridized carbons (Fsp3) is 0.607. The third kappa shape index (κ3) is 6.47. The second-order valence-corrected chi connectivity index (χ2v) is 10.3. The lowest BCUT2D eigenvalue weighted by Crippen LogP contribution is -2.45. The van der Waals surface area contributed by atoms with Crippen LogP contribution in [0, 0.1) is 5.92 Å². The Morgan fingerprint density at radius 3 is 2.72 bits per heavy atom. The molecule has 0 spiro atoms. The first-order chi connectivity index (χ1) is 18.9. The lowest BCUT2D eigenvalue weighted by atomic mass is 9.83. The average molecular weight is 544 g/mol. The predicted octanol–water partition coefficient (Wildman–Crippen LogP) is 2.24. The monoisotopic (exact) mass is 543 g/mol. The fourth-order valence-electron chi connectivity index (χ4n) is 5.73. The van der Waals surface area contributed by atoms with Crippen LogP contribution < -0.4 is 19.9 Å². The van der Waals surface area contributed by atoms with E-state index in [4.69, 9.17) is 19.9 Å². The van der Waals surface area contributed by atoms with Crippen molar-refractivity contribution in [2.45, 2.75) is 51.0 Å². The zero-order valence-electron chi connectivity index (χ0n) is 23.2. The van der Waals surface area contributed by atoms with Crippen molar-refractivity contribution in [3.8, 4) is 17.2 Å². The smallest absolute Gasteiger partial charge is 0.308 e. The summed E-state index contributed by atoms with van der Waals surface area (Å²) in [6, 6.07) is 3.33. The SMILES string of the molecule is CCCCN(CCCN)C(=O)CN1C[C@H](c2cc(OC)c3c(c2)OCO3)C(C(=O)O)[C@@H]1CCc1nccn1C. The molecule has 2 aliphatic rings. The molecule has 39 heavy (non-hydrogen) atoms. The number of carbonyl (C=O) groups excluding carboxylic acids is 1. The molecule has 3 N–H and O–H groups in total. The molecule has 0 aliphatic carbocycles. The highest BCUT2D eigenvalue weighted by Gasteiger charge is 2.47. The largest absolute Gasteiger partial charge is 0.493 e. The Morgan fingerprint density at radius 2 is 2.05 bits per heavy atom. The molecule has 3 heterocycles. The number of methoxy groups -OCH3 is 1. The van der Waals surface area contributed by atoms with Crippen molar-refractivity contribution < 1.29 is 28.9 Å². The Hall–Kier alpha value is -3.31. The number of carbonyl (C=O) groups is 2. The molecule has 1 fully saturated rings. The molecule has 1 unspecified atom stereocenters. The number of nitrogens with zero attached hydrogens (tertiary/aromatic N) is 4. The molecule has 4 rings (SSSR count). The number of carboxylic acids is 1. The molecule has 11 heteroatoms. The molecule has 214 valence electrons. The molecule has 2 aliphatic heterocycles. The van der Waals surface area contributed by atoms with Crippen LogP contribution in [0.2, 0.25) is 0 Å². The standard InChI is InChI=1S/C28H41N5O6/c1-4-5-11-32(12-6-9-29)25(34)17-33-16-20(19-14-22(37-3)27-23(15-19)38-18-39-27)26(28(35)36)21(33)7-8-24-30-10-13-31(24)2/h10,13-15,20-21,26H,4-9,11-12,16-18,29H2,1-3H3,(H,35,36)/t20-,21+,26?/m1/s1. The first kappa shape index (κ1) is 28.7. The number of carboxylic acid groups (broad SMARTS) is 1. The number of hydrogen-bond acceptors (Lipinski definition) is 8. The number of hydrogen-bond donors (Lipinski definition) is 2. The summed E-state index contributed by atoms with van der Waals surface area (Å²) in [5.74, 6) is 0.488. The van der Waals surface area contributed by atoms with Gasteiger partial charge in [0.2, 0.25) is 18.4 Å². The number of ether oxygens (including phenoxy) is 3. The minimum absolute atomic E-state index is 0.00643. The van der Waals surface area contributed by atoms with Gasteiger partial charge in [-0.25, -0.2) is 4.98 Å². The van der Waals surface area contributed by atoms with Crippen molar-refractivity contribution in [1.29, 1.82) is 0 Å². The molecule has 2 aromatic rings. The number of likely N-dealkylation sites (tertiary alicyclic amines) is 1. The minimum atomic E-state index is -0.887. The van der Waals surface area contributed by atoms with E-state index in [-0.39, 0.29) is 31.2 Å². The third-order valence-electron chi connectivity index (χ3n) is 7.83. The molecule has 1 amide bonds. The first-order valence-corrected chi connectivity index (χ1v) is 13.8. The van der Waals surface area contributed by atoms with Gasteiger partial charge in [0.15, 0.2) is 11.5 Å². The number of nitrogens with two attached hydrogens (primary N) is 1. The van der Waals surface area contributed by atoms with E-state index in [2.05, 4.69) is 11.9 Å². The quantitative estimate of drug-likeness (QED) is 0.368. The summed E-state index contributed by atoms with van der Waals surface area (Å²) < 4.78 is 18.7. The van der Waals surface area contributed by atoms with Gasteiger partial charge in [-0.05, 0) is 43.5 Å². The van der Waals surface area contributed by atoms with Crippen molar-refractivity contribution >= 4 is 11.9 Å². The van der Waals surface area contributed by atoms with E-state index in [1.54, 1.807) is 13.3 Å². The summed E-state index contributed by atoms with van der Waals surface area (Å²) in [7, 11) is 3.48. The number of amides is 1. The van der Waals surface area contributed by atoms with Crippen molar-refractivity contribution in [1.82, 2.24) is 19.4 Å². The number of fused-ring (bicyclic) bond motifs is 1. The highest BCUT2D eigenvalue weighted by molar-refractivity contribution is 5.79. The Bertz CT molecular complexity index is 1130. The maximum Gasteiger partial charge on any atom is 0.308 e. The van der Waals surface area contributed by atoms with Crippen LogP contribution >= 0.6 is 0 Å². The van der Waals surface area contributed by atoms with Gasteiger partial charge in [-0.15, -0.1) is 0 Å².